The van der Waals surface area contributed by atoms with Gasteiger partial charge in [-0.1, -0.05) is 12.1 Å². The summed E-state index contributed by atoms with van der Waals surface area (Å²) in [7, 11) is -5.32. The molecule has 0 aromatic heterocycles. The molecule has 2 aromatic carbocycles. The van der Waals surface area contributed by atoms with Gasteiger partial charge in [-0.05, 0) is 42.3 Å². The third kappa shape index (κ3) is 4.36. The molecular weight excluding hydrogens is 431 g/mol. The smallest absolute Gasteiger partial charge is 0.280 e. The zero-order valence-electron chi connectivity index (χ0n) is 16.3. The quantitative estimate of drug-likeness (QED) is 0.529. The molecule has 8 nitrogen and oxygen atoms in total. The highest BCUT2D eigenvalue weighted by Crippen LogP contribution is 2.37. The Morgan fingerprint density at radius 1 is 1.23 bits per heavy atom. The second kappa shape index (κ2) is 8.15. The van der Waals surface area contributed by atoms with E-state index in [1.165, 1.54) is 34.8 Å². The maximum absolute atomic E-state index is 13.2. The number of sulfonamides is 1. The highest BCUT2D eigenvalue weighted by Gasteiger charge is 2.38. The summed E-state index contributed by atoms with van der Waals surface area (Å²) in [5.41, 5.74) is 12.0. The highest BCUT2D eigenvalue weighted by molar-refractivity contribution is 7.93. The van der Waals surface area contributed by atoms with Gasteiger partial charge in [0.1, 0.15) is 5.82 Å². The van der Waals surface area contributed by atoms with Gasteiger partial charge in [-0.25, -0.2) is 12.8 Å². The van der Waals surface area contributed by atoms with Gasteiger partial charge in [0.05, 0.1) is 27.1 Å². The van der Waals surface area contributed by atoms with Crippen molar-refractivity contribution in [1.82, 2.24) is 0 Å². The standard InChI is InChI=1S/C19H21FN4O4S2/c1-11-7-16(17(29(2)26)8-15(11)18(25)23-19(21)22)24-9-13(10-30(24,27)28)12-3-5-14(20)6-4-12/h3-8,13H,9-10H2,1-2H3,(H4,21,22,23,25). The number of anilines is 1. The molecule has 1 heterocycles. The molecule has 4 N–H and O–H groups in total. The Balaban J connectivity index is 2.06. The van der Waals surface area contributed by atoms with E-state index in [0.717, 1.165) is 0 Å². The summed E-state index contributed by atoms with van der Waals surface area (Å²) in [4.78, 5) is 15.9. The van der Waals surface area contributed by atoms with E-state index in [9.17, 15) is 21.8 Å². The van der Waals surface area contributed by atoms with Gasteiger partial charge in [0.15, 0.2) is 5.96 Å². The number of rotatable bonds is 4. The molecule has 11 heteroatoms. The number of carbonyl (C=O) groups excluding carboxylic acids is 1. The zero-order chi connectivity index (χ0) is 22.2. The molecule has 2 unspecified atom stereocenters. The molecule has 1 amide bonds. The number of aliphatic imine (C=N–C) groups is 1. The van der Waals surface area contributed by atoms with Crippen LogP contribution < -0.4 is 15.8 Å². The van der Waals surface area contributed by atoms with Gasteiger partial charge in [-0.15, -0.1) is 0 Å². The minimum absolute atomic E-state index is 0.110. The number of carbonyl (C=O) groups is 1. The van der Waals surface area contributed by atoms with Gasteiger partial charge in [0.25, 0.3) is 5.91 Å². The third-order valence-electron chi connectivity index (χ3n) is 4.82. The Labute approximate surface area is 176 Å². The van der Waals surface area contributed by atoms with Crippen molar-refractivity contribution in [3.8, 4) is 0 Å². The van der Waals surface area contributed by atoms with Crippen molar-refractivity contribution in [3.05, 3.63) is 58.9 Å². The predicted molar refractivity (Wildman–Crippen MR) is 114 cm³/mol. The first kappa shape index (κ1) is 21.9. The van der Waals surface area contributed by atoms with Crippen molar-refractivity contribution in [2.75, 3.05) is 22.9 Å². The molecule has 30 heavy (non-hydrogen) atoms. The molecule has 0 saturated carbocycles. The van der Waals surface area contributed by atoms with E-state index < -0.39 is 38.5 Å². The molecule has 160 valence electrons. The first-order chi connectivity index (χ1) is 14.0. The number of halogens is 1. The molecule has 2 atom stereocenters. The maximum atomic E-state index is 13.2. The third-order valence-corrected chi connectivity index (χ3v) is 7.61. The lowest BCUT2D eigenvalue weighted by Gasteiger charge is -2.21. The second-order valence-electron chi connectivity index (χ2n) is 6.99. The summed E-state index contributed by atoms with van der Waals surface area (Å²) in [6, 6.07) is 8.53. The molecule has 1 fully saturated rings. The average molecular weight is 453 g/mol. The Hall–Kier alpha value is -2.79. The van der Waals surface area contributed by atoms with Crippen LogP contribution in [0.3, 0.4) is 0 Å². The molecule has 1 aliphatic heterocycles. The van der Waals surface area contributed by atoms with Gasteiger partial charge in [0, 0.05) is 24.3 Å². The van der Waals surface area contributed by atoms with Gasteiger partial charge < -0.3 is 11.5 Å². The van der Waals surface area contributed by atoms with Gasteiger partial charge in [0.2, 0.25) is 10.0 Å². The van der Waals surface area contributed by atoms with E-state index in [-0.39, 0.29) is 34.4 Å². The molecule has 0 bridgehead atoms. The molecule has 1 aliphatic rings. The number of guanidine groups is 1. The number of benzene rings is 2. The summed E-state index contributed by atoms with van der Waals surface area (Å²) < 4.78 is 52.6. The van der Waals surface area contributed by atoms with Gasteiger partial charge in [-0.2, -0.15) is 4.99 Å². The highest BCUT2D eigenvalue weighted by atomic mass is 32.2. The lowest BCUT2D eigenvalue weighted by atomic mass is 10.0. The Morgan fingerprint density at radius 2 is 1.87 bits per heavy atom. The minimum Gasteiger partial charge on any atom is -0.370 e. The molecular formula is C19H21FN4O4S2. The van der Waals surface area contributed by atoms with E-state index in [4.69, 9.17) is 11.5 Å². The fraction of sp³-hybridized carbons (Fsp3) is 0.263. The molecule has 2 aromatic rings. The Morgan fingerprint density at radius 3 is 2.43 bits per heavy atom. The van der Waals surface area contributed by atoms with Gasteiger partial charge >= 0.3 is 0 Å². The van der Waals surface area contributed by atoms with E-state index >= 15 is 0 Å². The lowest BCUT2D eigenvalue weighted by Crippen LogP contribution is -2.27. The molecule has 0 aliphatic carbocycles. The fourth-order valence-corrected chi connectivity index (χ4v) is 6.05. The Bertz CT molecular complexity index is 1160. The van der Waals surface area contributed by atoms with Crippen LogP contribution in [0.25, 0.3) is 0 Å². The van der Waals surface area contributed by atoms with Crippen LogP contribution in [0, 0.1) is 12.7 Å². The number of hydrogen-bond acceptors (Lipinski definition) is 4. The molecule has 3 rings (SSSR count). The topological polar surface area (TPSA) is 136 Å². The summed E-state index contributed by atoms with van der Waals surface area (Å²) >= 11 is 0. The number of amides is 1. The summed E-state index contributed by atoms with van der Waals surface area (Å²) in [6.07, 6.45) is 1.39. The van der Waals surface area contributed by atoms with Crippen LogP contribution in [0.2, 0.25) is 0 Å². The Kier molecular flexibility index (Phi) is 5.95. The fourth-order valence-electron chi connectivity index (χ4n) is 3.40. The van der Waals surface area contributed by atoms with Crippen LogP contribution in [0.5, 0.6) is 0 Å². The van der Waals surface area contributed by atoms with Crippen LogP contribution >= 0.6 is 0 Å². The SMILES string of the molecule is Cc1cc(N2CC(c3ccc(F)cc3)CS2(=O)=O)c(S(C)=O)cc1C(=O)N=C(N)N. The number of nitrogens with zero attached hydrogens (tertiary/aromatic N) is 2. The van der Waals surface area contributed by atoms with Crippen molar-refractivity contribution in [2.24, 2.45) is 16.5 Å². The molecule has 0 radical (unpaired) electrons. The largest absolute Gasteiger partial charge is 0.370 e. The first-order valence-electron chi connectivity index (χ1n) is 8.87. The van der Waals surface area contributed by atoms with Crippen LogP contribution in [0.1, 0.15) is 27.4 Å². The maximum Gasteiger partial charge on any atom is 0.280 e. The van der Waals surface area contributed by atoms with Gasteiger partial charge in [-0.3, -0.25) is 13.3 Å². The van der Waals surface area contributed by atoms with E-state index in [2.05, 4.69) is 4.99 Å². The van der Waals surface area contributed by atoms with Crippen LogP contribution in [-0.4, -0.2) is 43.0 Å². The minimum atomic E-state index is -3.72. The molecule has 0 spiro atoms. The van der Waals surface area contributed by atoms with Crippen LogP contribution in [-0.2, 0) is 20.8 Å². The van der Waals surface area contributed by atoms with Crippen molar-refractivity contribution in [2.45, 2.75) is 17.7 Å². The van der Waals surface area contributed by atoms with Crippen molar-refractivity contribution in [3.63, 3.8) is 0 Å². The second-order valence-corrected chi connectivity index (χ2v) is 10.3. The summed E-state index contributed by atoms with van der Waals surface area (Å²) in [6.45, 7) is 1.72. The van der Waals surface area contributed by atoms with Crippen molar-refractivity contribution >= 4 is 38.4 Å². The summed E-state index contributed by atoms with van der Waals surface area (Å²) in [5.74, 6) is -2.07. The van der Waals surface area contributed by atoms with Crippen molar-refractivity contribution in [1.29, 1.82) is 0 Å². The number of nitrogens with two attached hydrogens (primary N) is 2. The van der Waals surface area contributed by atoms with E-state index in [0.29, 0.717) is 11.1 Å². The number of aryl methyl sites for hydroxylation is 1. The zero-order valence-corrected chi connectivity index (χ0v) is 18.0. The number of hydrogen-bond donors (Lipinski definition) is 2. The first-order valence-corrected chi connectivity index (χ1v) is 12.0. The van der Waals surface area contributed by atoms with E-state index in [1.807, 2.05) is 0 Å². The van der Waals surface area contributed by atoms with Crippen LogP contribution in [0.4, 0.5) is 10.1 Å². The normalized spacial score (nSPS) is 18.8. The van der Waals surface area contributed by atoms with Crippen molar-refractivity contribution < 1.29 is 21.8 Å². The molecule has 1 saturated heterocycles. The lowest BCUT2D eigenvalue weighted by molar-refractivity contribution is 0.100. The predicted octanol–water partition coefficient (Wildman–Crippen LogP) is 1.22. The average Bonchev–Trinajstić information content (AvgIpc) is 2.96. The monoisotopic (exact) mass is 452 g/mol. The van der Waals surface area contributed by atoms with Crippen LogP contribution in [0.15, 0.2) is 46.3 Å². The van der Waals surface area contributed by atoms with E-state index in [1.54, 1.807) is 19.1 Å². The summed E-state index contributed by atoms with van der Waals surface area (Å²) in [5, 5.41) is 0.